The summed E-state index contributed by atoms with van der Waals surface area (Å²) in [6.07, 6.45) is 7.15. The fraction of sp³-hybridized carbons (Fsp3) is 0.917. The Labute approximate surface area is 180 Å². The molecular weight excluding hydrogens is 380 g/mol. The highest BCUT2D eigenvalue weighted by Crippen LogP contribution is 2.65. The molecule has 0 aromatic heterocycles. The first-order valence-electron chi connectivity index (χ1n) is 12.2. The van der Waals surface area contributed by atoms with Crippen molar-refractivity contribution < 1.29 is 19.1 Å². The van der Waals surface area contributed by atoms with Gasteiger partial charge in [0.05, 0.1) is 12.8 Å². The van der Waals surface area contributed by atoms with Crippen LogP contribution in [0.5, 0.6) is 0 Å². The van der Waals surface area contributed by atoms with Gasteiger partial charge in [0, 0.05) is 43.7 Å². The molecule has 5 rings (SSSR count). The Morgan fingerprint density at radius 3 is 1.93 bits per heavy atom. The summed E-state index contributed by atoms with van der Waals surface area (Å²) in [7, 11) is 0. The largest absolute Gasteiger partial charge is 0.465 e. The minimum Gasteiger partial charge on any atom is -0.465 e. The van der Waals surface area contributed by atoms with Crippen molar-refractivity contribution in [2.75, 3.05) is 39.4 Å². The van der Waals surface area contributed by atoms with E-state index in [1.165, 1.54) is 25.7 Å². The second-order valence-electron chi connectivity index (χ2n) is 10.9. The van der Waals surface area contributed by atoms with Gasteiger partial charge in [-0.3, -0.25) is 19.4 Å². The van der Waals surface area contributed by atoms with Gasteiger partial charge in [0.2, 0.25) is 0 Å². The predicted molar refractivity (Wildman–Crippen MR) is 113 cm³/mol. The SMILES string of the molecule is CC(CC(=O)OCC1(COC(=O)CC(C)N2CC2)CCC2C3CCC(C3)C21)N1CC1. The summed E-state index contributed by atoms with van der Waals surface area (Å²) >= 11 is 0. The van der Waals surface area contributed by atoms with Crippen LogP contribution in [0.15, 0.2) is 0 Å². The van der Waals surface area contributed by atoms with Crippen molar-refractivity contribution in [3.63, 3.8) is 0 Å². The molecule has 0 aromatic carbocycles. The van der Waals surface area contributed by atoms with Gasteiger partial charge in [0.1, 0.15) is 13.2 Å². The van der Waals surface area contributed by atoms with Crippen molar-refractivity contribution in [1.82, 2.24) is 9.80 Å². The predicted octanol–water partition coefficient (Wildman–Crippen LogP) is 2.70. The first-order valence-corrected chi connectivity index (χ1v) is 12.2. The maximum absolute atomic E-state index is 12.5. The lowest BCUT2D eigenvalue weighted by atomic mass is 9.69. The molecule has 6 atom stereocenters. The fourth-order valence-corrected chi connectivity index (χ4v) is 7.08. The van der Waals surface area contributed by atoms with E-state index in [0.717, 1.165) is 50.4 Å². The monoisotopic (exact) mass is 418 g/mol. The highest BCUT2D eigenvalue weighted by atomic mass is 16.5. The highest BCUT2D eigenvalue weighted by Gasteiger charge is 2.60. The van der Waals surface area contributed by atoms with E-state index in [0.29, 0.717) is 32.0 Å². The lowest BCUT2D eigenvalue weighted by Crippen LogP contribution is -2.42. The van der Waals surface area contributed by atoms with E-state index in [4.69, 9.17) is 9.47 Å². The Kier molecular flexibility index (Phi) is 5.59. The van der Waals surface area contributed by atoms with E-state index < -0.39 is 0 Å². The van der Waals surface area contributed by atoms with Gasteiger partial charge in [-0.25, -0.2) is 0 Å². The molecule has 6 unspecified atom stereocenters. The van der Waals surface area contributed by atoms with Crippen molar-refractivity contribution in [2.45, 2.75) is 70.9 Å². The van der Waals surface area contributed by atoms with Crippen LogP contribution < -0.4 is 0 Å². The Balaban J connectivity index is 1.21. The third kappa shape index (κ3) is 4.14. The zero-order valence-corrected chi connectivity index (χ0v) is 18.7. The van der Waals surface area contributed by atoms with Gasteiger partial charge < -0.3 is 9.47 Å². The van der Waals surface area contributed by atoms with Gasteiger partial charge in [-0.05, 0) is 69.6 Å². The number of esters is 2. The van der Waals surface area contributed by atoms with Gasteiger partial charge in [-0.2, -0.15) is 0 Å². The summed E-state index contributed by atoms with van der Waals surface area (Å²) in [6, 6.07) is 0.535. The minimum absolute atomic E-state index is 0.0955. The lowest BCUT2D eigenvalue weighted by Gasteiger charge is -2.39. The second-order valence-corrected chi connectivity index (χ2v) is 10.9. The molecule has 30 heavy (non-hydrogen) atoms. The van der Waals surface area contributed by atoms with E-state index in [-0.39, 0.29) is 29.4 Å². The lowest BCUT2D eigenvalue weighted by molar-refractivity contribution is -0.158. The Morgan fingerprint density at radius 1 is 0.867 bits per heavy atom. The molecule has 0 aromatic rings. The van der Waals surface area contributed by atoms with E-state index >= 15 is 0 Å². The van der Waals surface area contributed by atoms with E-state index in [1.807, 2.05) is 0 Å². The summed E-state index contributed by atoms with van der Waals surface area (Å²) in [5.74, 6) is 2.69. The maximum Gasteiger partial charge on any atom is 0.307 e. The summed E-state index contributed by atoms with van der Waals surface area (Å²) in [5, 5.41) is 0. The Hall–Kier alpha value is -1.14. The van der Waals surface area contributed by atoms with Crippen molar-refractivity contribution in [2.24, 2.45) is 29.1 Å². The molecule has 0 radical (unpaired) electrons. The van der Waals surface area contributed by atoms with E-state index in [1.54, 1.807) is 0 Å². The smallest absolute Gasteiger partial charge is 0.307 e. The molecule has 0 amide bonds. The van der Waals surface area contributed by atoms with Crippen molar-refractivity contribution in [3.05, 3.63) is 0 Å². The van der Waals surface area contributed by atoms with Crippen LogP contribution in [0.3, 0.4) is 0 Å². The number of nitrogens with zero attached hydrogens (tertiary/aromatic N) is 2. The maximum atomic E-state index is 12.5. The molecule has 168 valence electrons. The Bertz CT molecular complexity index is 638. The molecule has 2 aliphatic heterocycles. The van der Waals surface area contributed by atoms with E-state index in [2.05, 4.69) is 23.6 Å². The van der Waals surface area contributed by atoms with Crippen molar-refractivity contribution in [1.29, 1.82) is 0 Å². The first-order chi connectivity index (χ1) is 14.4. The third-order valence-corrected chi connectivity index (χ3v) is 8.95. The quantitative estimate of drug-likeness (QED) is 0.402. The number of ether oxygens (including phenoxy) is 2. The molecule has 3 aliphatic carbocycles. The molecule has 5 fully saturated rings. The van der Waals surface area contributed by atoms with Crippen LogP contribution in [0.1, 0.15) is 58.8 Å². The molecule has 3 saturated carbocycles. The van der Waals surface area contributed by atoms with Crippen LogP contribution in [0.4, 0.5) is 0 Å². The Morgan fingerprint density at radius 2 is 1.40 bits per heavy atom. The minimum atomic E-state index is -0.165. The second kappa shape index (κ2) is 8.09. The molecule has 6 heteroatoms. The van der Waals surface area contributed by atoms with Crippen molar-refractivity contribution in [3.8, 4) is 0 Å². The summed E-state index contributed by atoms with van der Waals surface area (Å²) in [4.78, 5) is 29.7. The zero-order chi connectivity index (χ0) is 20.9. The van der Waals surface area contributed by atoms with Crippen LogP contribution in [0.25, 0.3) is 0 Å². The van der Waals surface area contributed by atoms with Crippen LogP contribution in [-0.2, 0) is 19.1 Å². The molecule has 2 heterocycles. The summed E-state index contributed by atoms with van der Waals surface area (Å²) in [5.41, 5.74) is -0.165. The number of rotatable bonds is 10. The van der Waals surface area contributed by atoms with Crippen molar-refractivity contribution >= 4 is 11.9 Å². The van der Waals surface area contributed by atoms with Crippen LogP contribution in [0, 0.1) is 29.1 Å². The van der Waals surface area contributed by atoms with Gasteiger partial charge in [-0.15, -0.1) is 0 Å². The van der Waals surface area contributed by atoms with Gasteiger partial charge >= 0.3 is 11.9 Å². The van der Waals surface area contributed by atoms with Gasteiger partial charge in [0.25, 0.3) is 0 Å². The molecule has 6 nitrogen and oxygen atoms in total. The highest BCUT2D eigenvalue weighted by molar-refractivity contribution is 5.70. The van der Waals surface area contributed by atoms with Crippen LogP contribution in [-0.4, -0.2) is 73.2 Å². The van der Waals surface area contributed by atoms with Crippen LogP contribution in [0.2, 0.25) is 0 Å². The van der Waals surface area contributed by atoms with E-state index in [9.17, 15) is 9.59 Å². The zero-order valence-electron chi connectivity index (χ0n) is 18.7. The fourth-order valence-electron chi connectivity index (χ4n) is 7.08. The molecule has 5 aliphatic rings. The first kappa shape index (κ1) is 20.7. The number of hydrogen-bond donors (Lipinski definition) is 0. The molecule has 0 spiro atoms. The standard InChI is InChI=1S/C24H38N2O4/c1-16(25-7-8-25)11-21(27)29-14-24(15-30-22(28)12-17(2)26-9-10-26)6-5-20-18-3-4-19(13-18)23(20)24/h16-20,23H,3-15H2,1-2H3. The average molecular weight is 419 g/mol. The third-order valence-electron chi connectivity index (χ3n) is 8.95. The molecular formula is C24H38N2O4. The number of hydrogen-bond acceptors (Lipinski definition) is 6. The average Bonchev–Trinajstić information content (AvgIpc) is 3.64. The summed E-state index contributed by atoms with van der Waals surface area (Å²) < 4.78 is 11.8. The molecule has 0 N–H and O–H groups in total. The normalized spacial score (nSPS) is 38.9. The topological polar surface area (TPSA) is 58.6 Å². The number of fused-ring (bicyclic) bond motifs is 5. The molecule has 2 saturated heterocycles. The summed E-state index contributed by atoms with van der Waals surface area (Å²) in [6.45, 7) is 9.44. The van der Waals surface area contributed by atoms with Crippen LogP contribution >= 0.6 is 0 Å². The van der Waals surface area contributed by atoms with Gasteiger partial charge in [0.15, 0.2) is 0 Å². The number of carbonyl (C=O) groups is 2. The molecule has 2 bridgehead atoms. The number of carbonyl (C=O) groups excluding carboxylic acids is 2. The van der Waals surface area contributed by atoms with Gasteiger partial charge in [-0.1, -0.05) is 0 Å².